The van der Waals surface area contributed by atoms with Crippen LogP contribution in [-0.2, 0) is 24.7 Å². The van der Waals surface area contributed by atoms with Crippen LogP contribution in [0.15, 0.2) is 92.5 Å². The minimum absolute atomic E-state index is 0. The van der Waals surface area contributed by atoms with Crippen LogP contribution in [0.3, 0.4) is 0 Å². The quantitative estimate of drug-likeness (QED) is 0.556. The molecule has 1 aromatic heterocycles. The molecule has 2 nitrogen and oxygen atoms in total. The Labute approximate surface area is 193 Å². The molecule has 1 aliphatic heterocycles. The number of aromatic nitrogens is 1. The van der Waals surface area contributed by atoms with Crippen molar-refractivity contribution in [1.29, 1.82) is 0 Å². The molecule has 0 amide bonds. The second-order valence-electron chi connectivity index (χ2n) is 6.38. The van der Waals surface area contributed by atoms with Crippen LogP contribution in [0.4, 0.5) is 0 Å². The number of halogens is 2. The van der Waals surface area contributed by atoms with E-state index in [2.05, 4.69) is 77.6 Å². The van der Waals surface area contributed by atoms with Crippen LogP contribution in [0.5, 0.6) is 0 Å². The number of pyridine rings is 1. The van der Waals surface area contributed by atoms with Crippen LogP contribution in [0.25, 0.3) is 6.08 Å². The molecule has 2 aromatic rings. The van der Waals surface area contributed by atoms with E-state index < -0.39 is 0 Å². The Kier molecular flexibility index (Phi) is 8.37. The van der Waals surface area contributed by atoms with Gasteiger partial charge in [-0.3, -0.25) is 4.99 Å². The predicted octanol–water partition coefficient (Wildman–Crippen LogP) is -0.646. The topological polar surface area (TPSA) is 25.2 Å². The van der Waals surface area contributed by atoms with E-state index in [1.54, 1.807) is 0 Å². The zero-order valence-electron chi connectivity index (χ0n) is 15.4. The SMILES string of the molecule is CCC1=NC2=CC=CC2=C1.[Cl-].[Cl-].[Zr+2][C]1=Cc2ccccc2C1c1ccccn1. The molecule has 0 radical (unpaired) electrons. The van der Waals surface area contributed by atoms with E-state index in [1.807, 2.05) is 18.3 Å². The van der Waals surface area contributed by atoms with Gasteiger partial charge in [0, 0.05) is 11.3 Å². The van der Waals surface area contributed by atoms with Crippen molar-refractivity contribution in [3.63, 3.8) is 0 Å². The molecule has 1 atom stereocenters. The van der Waals surface area contributed by atoms with E-state index in [0.717, 1.165) is 17.8 Å². The van der Waals surface area contributed by atoms with Crippen LogP contribution < -0.4 is 24.8 Å². The summed E-state index contributed by atoms with van der Waals surface area (Å²) in [6.45, 7) is 2.13. The van der Waals surface area contributed by atoms with Crippen molar-refractivity contribution in [2.75, 3.05) is 0 Å². The van der Waals surface area contributed by atoms with Gasteiger partial charge in [-0.15, -0.1) is 0 Å². The number of hydrogen-bond donors (Lipinski definition) is 0. The molecule has 0 saturated carbocycles. The van der Waals surface area contributed by atoms with Gasteiger partial charge in [-0.1, -0.05) is 19.1 Å². The fourth-order valence-corrected chi connectivity index (χ4v) is 4.51. The molecule has 2 heterocycles. The van der Waals surface area contributed by atoms with Crippen LogP contribution in [0, 0.1) is 0 Å². The van der Waals surface area contributed by atoms with Gasteiger partial charge in [0.25, 0.3) is 0 Å². The summed E-state index contributed by atoms with van der Waals surface area (Å²) in [5.74, 6) is 0.385. The van der Waals surface area contributed by atoms with Crippen molar-refractivity contribution in [3.8, 4) is 0 Å². The van der Waals surface area contributed by atoms with E-state index in [0.29, 0.717) is 5.92 Å². The average Bonchev–Trinajstić information content (AvgIpc) is 3.34. The van der Waals surface area contributed by atoms with Crippen molar-refractivity contribution in [1.82, 2.24) is 4.98 Å². The van der Waals surface area contributed by atoms with Crippen molar-refractivity contribution in [3.05, 3.63) is 104 Å². The Hall–Kier alpha value is -1.54. The minimum atomic E-state index is 0. The van der Waals surface area contributed by atoms with Gasteiger partial charge in [0.15, 0.2) is 0 Å². The normalized spacial score (nSPS) is 17.6. The van der Waals surface area contributed by atoms with E-state index in [9.17, 15) is 0 Å². The number of rotatable bonds is 2. The standard InChI is InChI=1S/C14H10N.C9H9N.2ClH.Zr/c1-2-6-12-11(5-1)8-9-13(12)14-7-3-4-10-15-14;1-2-8-6-7-4-3-5-9(7)10-8;;;/h1-8,10,13H;3-6H,2H2,1H3;2*1H;/q;;;;+2/p-2. The average molecular weight is 486 g/mol. The summed E-state index contributed by atoms with van der Waals surface area (Å²) in [4.78, 5) is 8.87. The fraction of sp³-hybridized carbons (Fsp3) is 0.130. The third kappa shape index (κ3) is 4.71. The molecule has 0 saturated heterocycles. The molecule has 2 aliphatic carbocycles. The third-order valence-electron chi connectivity index (χ3n) is 4.69. The Morgan fingerprint density at radius 1 is 1.00 bits per heavy atom. The summed E-state index contributed by atoms with van der Waals surface area (Å²) in [5.41, 5.74) is 7.52. The molecule has 3 aliphatic rings. The van der Waals surface area contributed by atoms with Gasteiger partial charge in [-0.2, -0.15) is 0 Å². The number of allylic oxidation sites excluding steroid dienone is 5. The molecule has 5 heteroatoms. The number of hydrogen-bond acceptors (Lipinski definition) is 2. The summed E-state index contributed by atoms with van der Waals surface area (Å²) in [7, 11) is 0. The maximum absolute atomic E-state index is 4.48. The summed E-state index contributed by atoms with van der Waals surface area (Å²) in [6.07, 6.45) is 13.5. The first kappa shape index (κ1) is 22.7. The summed E-state index contributed by atoms with van der Waals surface area (Å²) >= 11 is 1.48. The molecule has 28 heavy (non-hydrogen) atoms. The van der Waals surface area contributed by atoms with Crippen LogP contribution in [0.2, 0.25) is 0 Å². The summed E-state index contributed by atoms with van der Waals surface area (Å²) in [6, 6.07) is 14.7. The Balaban J connectivity index is 0.000000204. The van der Waals surface area contributed by atoms with Gasteiger partial charge in [0.2, 0.25) is 0 Å². The molecule has 0 bridgehead atoms. The molecule has 1 aromatic carbocycles. The van der Waals surface area contributed by atoms with E-state index in [4.69, 9.17) is 0 Å². The second kappa shape index (κ2) is 10.3. The van der Waals surface area contributed by atoms with Gasteiger partial charge in [0.05, 0.1) is 5.70 Å². The molecule has 0 spiro atoms. The first-order chi connectivity index (χ1) is 12.8. The van der Waals surface area contributed by atoms with Crippen molar-refractivity contribution in [2.24, 2.45) is 4.99 Å². The Morgan fingerprint density at radius 3 is 2.50 bits per heavy atom. The van der Waals surface area contributed by atoms with Crippen LogP contribution in [0.1, 0.15) is 36.1 Å². The van der Waals surface area contributed by atoms with Crippen molar-refractivity contribution >= 4 is 11.8 Å². The van der Waals surface area contributed by atoms with Gasteiger partial charge < -0.3 is 24.8 Å². The Bertz CT molecular complexity index is 989. The second-order valence-corrected chi connectivity index (χ2v) is 7.80. The van der Waals surface area contributed by atoms with Crippen molar-refractivity contribution < 1.29 is 49.5 Å². The zero-order chi connectivity index (χ0) is 17.9. The molecule has 5 rings (SSSR count). The van der Waals surface area contributed by atoms with E-state index in [-0.39, 0.29) is 24.8 Å². The van der Waals surface area contributed by atoms with Gasteiger partial charge >= 0.3 is 110 Å². The number of benzene rings is 1. The van der Waals surface area contributed by atoms with Gasteiger partial charge in [-0.05, 0) is 18.6 Å². The van der Waals surface area contributed by atoms with Crippen molar-refractivity contribution in [2.45, 2.75) is 19.3 Å². The molecular formula is C23H19Cl2N2Zr. The zero-order valence-corrected chi connectivity index (χ0v) is 19.4. The first-order valence-electron chi connectivity index (χ1n) is 8.87. The van der Waals surface area contributed by atoms with Crippen LogP contribution >= 0.6 is 0 Å². The first-order valence-corrected chi connectivity index (χ1v) is 10.1. The predicted molar refractivity (Wildman–Crippen MR) is 104 cm³/mol. The number of aliphatic imine (C=N–C) groups is 1. The molecule has 0 fully saturated rings. The monoisotopic (exact) mass is 483 g/mol. The van der Waals surface area contributed by atoms with E-state index >= 15 is 0 Å². The van der Waals surface area contributed by atoms with Gasteiger partial charge in [-0.25, -0.2) is 0 Å². The fourth-order valence-electron chi connectivity index (χ4n) is 3.39. The molecule has 0 N–H and O–H groups in total. The Morgan fingerprint density at radius 2 is 1.79 bits per heavy atom. The van der Waals surface area contributed by atoms with Crippen LogP contribution in [-0.4, -0.2) is 10.7 Å². The third-order valence-corrected chi connectivity index (χ3v) is 5.75. The molecule has 139 valence electrons. The summed E-state index contributed by atoms with van der Waals surface area (Å²) in [5, 5.41) is 0. The number of nitrogens with zero attached hydrogens (tertiary/aromatic N) is 2. The van der Waals surface area contributed by atoms with Gasteiger partial charge in [0.1, 0.15) is 0 Å². The maximum atomic E-state index is 4.48. The number of fused-ring (bicyclic) bond motifs is 2. The summed E-state index contributed by atoms with van der Waals surface area (Å²) < 4.78 is 1.46. The molecular weight excluding hydrogens is 466 g/mol. The van der Waals surface area contributed by atoms with E-state index in [1.165, 1.54) is 50.4 Å². The molecule has 1 unspecified atom stereocenters.